The first kappa shape index (κ1) is 13.4. The molecule has 18 heavy (non-hydrogen) atoms. The van der Waals surface area contributed by atoms with Crippen LogP contribution in [0.2, 0.25) is 0 Å². The van der Waals surface area contributed by atoms with Crippen molar-refractivity contribution >= 4 is 0 Å². The lowest BCUT2D eigenvalue weighted by Crippen LogP contribution is -2.28. The zero-order chi connectivity index (χ0) is 13.0. The molecule has 1 aliphatic heterocycles. The molecule has 1 aromatic rings. The molecule has 2 heteroatoms. The van der Waals surface area contributed by atoms with Gasteiger partial charge in [-0.15, -0.1) is 0 Å². The van der Waals surface area contributed by atoms with Crippen molar-refractivity contribution in [3.8, 4) is 5.75 Å². The van der Waals surface area contributed by atoms with Crippen molar-refractivity contribution in [3.05, 3.63) is 29.3 Å². The first-order chi connectivity index (χ1) is 8.77. The summed E-state index contributed by atoms with van der Waals surface area (Å²) >= 11 is 0. The van der Waals surface area contributed by atoms with Gasteiger partial charge in [0.05, 0.1) is 6.61 Å². The summed E-state index contributed by atoms with van der Waals surface area (Å²) in [6.45, 7) is 8.61. The molecule has 2 nitrogen and oxygen atoms in total. The molecule has 0 spiro atoms. The van der Waals surface area contributed by atoms with Crippen LogP contribution >= 0.6 is 0 Å². The second-order valence-electron chi connectivity index (χ2n) is 5.21. The Labute approximate surface area is 111 Å². The maximum absolute atomic E-state index is 5.94. The summed E-state index contributed by atoms with van der Waals surface area (Å²) in [6.07, 6.45) is 3.48. The summed E-state index contributed by atoms with van der Waals surface area (Å²) in [4.78, 5) is 0. The van der Waals surface area contributed by atoms with Crippen molar-refractivity contribution in [2.75, 3.05) is 13.2 Å². The average Bonchev–Trinajstić information content (AvgIpc) is 2.43. The average molecular weight is 247 g/mol. The molecule has 100 valence electrons. The predicted octanol–water partition coefficient (Wildman–Crippen LogP) is 3.71. The number of nitrogens with one attached hydrogen (secondary N) is 1. The van der Waals surface area contributed by atoms with E-state index in [1.165, 1.54) is 17.5 Å². The van der Waals surface area contributed by atoms with Crippen LogP contribution in [0.1, 0.15) is 50.8 Å². The first-order valence-corrected chi connectivity index (χ1v) is 7.25. The summed E-state index contributed by atoms with van der Waals surface area (Å²) < 4.78 is 5.94. The number of aryl methyl sites for hydroxylation is 1. The SMILES string of the molecule is CCNC(c1cccc2c1OCCC2)C(C)CC. The van der Waals surface area contributed by atoms with Gasteiger partial charge in [-0.25, -0.2) is 0 Å². The monoisotopic (exact) mass is 247 g/mol. The summed E-state index contributed by atoms with van der Waals surface area (Å²) in [5, 5.41) is 3.62. The lowest BCUT2D eigenvalue weighted by molar-refractivity contribution is 0.275. The van der Waals surface area contributed by atoms with Crippen LogP contribution in [0, 0.1) is 5.92 Å². The normalized spacial score (nSPS) is 17.7. The number of para-hydroxylation sites is 1. The third kappa shape index (κ3) is 2.69. The van der Waals surface area contributed by atoms with Gasteiger partial charge in [0.1, 0.15) is 5.75 Å². The Morgan fingerprint density at radius 3 is 2.89 bits per heavy atom. The zero-order valence-electron chi connectivity index (χ0n) is 11.8. The third-order valence-corrected chi connectivity index (χ3v) is 3.94. The minimum absolute atomic E-state index is 0.410. The van der Waals surface area contributed by atoms with E-state index in [4.69, 9.17) is 4.74 Å². The second kappa shape index (κ2) is 6.24. The molecular weight excluding hydrogens is 222 g/mol. The van der Waals surface area contributed by atoms with Crippen molar-refractivity contribution in [2.24, 2.45) is 5.92 Å². The first-order valence-electron chi connectivity index (χ1n) is 7.25. The van der Waals surface area contributed by atoms with Crippen LogP contribution in [0.5, 0.6) is 5.75 Å². The quantitative estimate of drug-likeness (QED) is 0.856. The number of fused-ring (bicyclic) bond motifs is 1. The molecule has 1 aromatic carbocycles. The van der Waals surface area contributed by atoms with Crippen LogP contribution in [0.15, 0.2) is 18.2 Å². The van der Waals surface area contributed by atoms with E-state index in [-0.39, 0.29) is 0 Å². The van der Waals surface area contributed by atoms with Crippen LogP contribution in [-0.4, -0.2) is 13.2 Å². The molecule has 0 aromatic heterocycles. The molecule has 0 radical (unpaired) electrons. The van der Waals surface area contributed by atoms with Gasteiger partial charge < -0.3 is 10.1 Å². The summed E-state index contributed by atoms with van der Waals surface area (Å²) in [5.41, 5.74) is 2.73. The van der Waals surface area contributed by atoms with Crippen LogP contribution < -0.4 is 10.1 Å². The van der Waals surface area contributed by atoms with Crippen molar-refractivity contribution < 1.29 is 4.74 Å². The Morgan fingerprint density at radius 2 is 2.17 bits per heavy atom. The molecule has 0 amide bonds. The van der Waals surface area contributed by atoms with E-state index in [0.717, 1.165) is 31.7 Å². The van der Waals surface area contributed by atoms with Crippen LogP contribution in [0.3, 0.4) is 0 Å². The Morgan fingerprint density at radius 1 is 1.33 bits per heavy atom. The molecule has 1 aliphatic rings. The largest absolute Gasteiger partial charge is 0.493 e. The molecule has 0 saturated heterocycles. The number of rotatable bonds is 5. The highest BCUT2D eigenvalue weighted by atomic mass is 16.5. The molecular formula is C16H25NO. The molecule has 0 bridgehead atoms. The summed E-state index contributed by atoms with van der Waals surface area (Å²) in [6, 6.07) is 7.02. The van der Waals surface area contributed by atoms with E-state index < -0.39 is 0 Å². The van der Waals surface area contributed by atoms with Gasteiger partial charge in [0.25, 0.3) is 0 Å². The zero-order valence-corrected chi connectivity index (χ0v) is 11.8. The van der Waals surface area contributed by atoms with E-state index in [0.29, 0.717) is 12.0 Å². The van der Waals surface area contributed by atoms with Crippen LogP contribution in [0.25, 0.3) is 0 Å². The number of benzene rings is 1. The van der Waals surface area contributed by atoms with Crippen LogP contribution in [0.4, 0.5) is 0 Å². The Bertz CT molecular complexity index is 389. The molecule has 1 N–H and O–H groups in total. The fourth-order valence-electron chi connectivity index (χ4n) is 2.73. The Hall–Kier alpha value is -1.02. The summed E-state index contributed by atoms with van der Waals surface area (Å²) in [5.74, 6) is 1.77. The van der Waals surface area contributed by atoms with Gasteiger partial charge in [0, 0.05) is 11.6 Å². The van der Waals surface area contributed by atoms with Crippen molar-refractivity contribution in [1.82, 2.24) is 5.32 Å². The van der Waals surface area contributed by atoms with Gasteiger partial charge in [0.2, 0.25) is 0 Å². The van der Waals surface area contributed by atoms with E-state index in [1.807, 2.05) is 0 Å². The van der Waals surface area contributed by atoms with Gasteiger partial charge in [-0.1, -0.05) is 45.4 Å². The van der Waals surface area contributed by atoms with E-state index in [1.54, 1.807) is 0 Å². The molecule has 2 rings (SSSR count). The van der Waals surface area contributed by atoms with E-state index >= 15 is 0 Å². The molecule has 1 heterocycles. The van der Waals surface area contributed by atoms with Gasteiger partial charge in [-0.3, -0.25) is 0 Å². The molecule has 0 saturated carbocycles. The highest BCUT2D eigenvalue weighted by molar-refractivity contribution is 5.44. The van der Waals surface area contributed by atoms with Gasteiger partial charge >= 0.3 is 0 Å². The van der Waals surface area contributed by atoms with Crippen LogP contribution in [-0.2, 0) is 6.42 Å². The maximum atomic E-state index is 5.94. The van der Waals surface area contributed by atoms with Crippen molar-refractivity contribution in [3.63, 3.8) is 0 Å². The van der Waals surface area contributed by atoms with Crippen molar-refractivity contribution in [1.29, 1.82) is 0 Å². The predicted molar refractivity (Wildman–Crippen MR) is 76.1 cm³/mol. The minimum Gasteiger partial charge on any atom is -0.493 e. The fraction of sp³-hybridized carbons (Fsp3) is 0.625. The maximum Gasteiger partial charge on any atom is 0.127 e. The van der Waals surface area contributed by atoms with Gasteiger partial charge in [0.15, 0.2) is 0 Å². The molecule has 0 aliphatic carbocycles. The number of hydrogen-bond acceptors (Lipinski definition) is 2. The smallest absolute Gasteiger partial charge is 0.127 e. The minimum atomic E-state index is 0.410. The standard InChI is InChI=1S/C16H25NO/c1-4-12(3)15(17-5-2)14-10-6-8-13-9-7-11-18-16(13)14/h6,8,10,12,15,17H,4-5,7,9,11H2,1-3H3. The van der Waals surface area contributed by atoms with Gasteiger partial charge in [-0.2, -0.15) is 0 Å². The topological polar surface area (TPSA) is 21.3 Å². The number of ether oxygens (including phenoxy) is 1. The highest BCUT2D eigenvalue weighted by Gasteiger charge is 2.23. The van der Waals surface area contributed by atoms with Gasteiger partial charge in [-0.05, 0) is 30.9 Å². The van der Waals surface area contributed by atoms with E-state index in [9.17, 15) is 0 Å². The highest BCUT2D eigenvalue weighted by Crippen LogP contribution is 2.36. The van der Waals surface area contributed by atoms with E-state index in [2.05, 4.69) is 44.3 Å². The second-order valence-corrected chi connectivity index (χ2v) is 5.21. The lowest BCUT2D eigenvalue weighted by Gasteiger charge is -2.29. The Balaban J connectivity index is 2.34. The molecule has 2 atom stereocenters. The van der Waals surface area contributed by atoms with Crippen molar-refractivity contribution in [2.45, 2.75) is 46.1 Å². The fourth-order valence-corrected chi connectivity index (χ4v) is 2.73. The molecule has 2 unspecified atom stereocenters. The lowest BCUT2D eigenvalue weighted by atomic mass is 9.89. The summed E-state index contributed by atoms with van der Waals surface area (Å²) in [7, 11) is 0. The number of hydrogen-bond donors (Lipinski definition) is 1. The third-order valence-electron chi connectivity index (χ3n) is 3.94. The molecule has 0 fully saturated rings. The Kier molecular flexibility index (Phi) is 4.65.